The van der Waals surface area contributed by atoms with Gasteiger partial charge in [0.05, 0.1) is 0 Å². The molecule has 2 aromatic carbocycles. The summed E-state index contributed by atoms with van der Waals surface area (Å²) in [4.78, 5) is 4.48. The molecule has 0 radical (unpaired) electrons. The summed E-state index contributed by atoms with van der Waals surface area (Å²) >= 11 is 0. The average Bonchev–Trinajstić information content (AvgIpc) is 2.84. The maximum absolute atomic E-state index is 4.48. The number of aryl methyl sites for hydroxylation is 3. The highest BCUT2D eigenvalue weighted by molar-refractivity contribution is 5.99. The first-order valence-electron chi connectivity index (χ1n) is 7.14. The van der Waals surface area contributed by atoms with E-state index in [1.807, 2.05) is 6.20 Å². The molecule has 20 heavy (non-hydrogen) atoms. The second-order valence-corrected chi connectivity index (χ2v) is 5.76. The van der Waals surface area contributed by atoms with Crippen LogP contribution in [0.25, 0.3) is 21.9 Å². The Bertz CT molecular complexity index is 859. The average molecular weight is 259 g/mol. The summed E-state index contributed by atoms with van der Waals surface area (Å²) in [5, 5.41) is 2.70. The third-order valence-corrected chi connectivity index (χ3v) is 4.70. The molecule has 1 nitrogen and oxygen atoms in total. The molecule has 0 amide bonds. The molecule has 1 aliphatic rings. The van der Waals surface area contributed by atoms with E-state index in [9.17, 15) is 0 Å². The van der Waals surface area contributed by atoms with Gasteiger partial charge in [-0.2, -0.15) is 0 Å². The van der Waals surface area contributed by atoms with Gasteiger partial charge >= 0.3 is 0 Å². The first kappa shape index (κ1) is 11.7. The van der Waals surface area contributed by atoms with E-state index < -0.39 is 0 Å². The summed E-state index contributed by atoms with van der Waals surface area (Å²) in [6.45, 7) is 6.62. The van der Waals surface area contributed by atoms with Gasteiger partial charge in [-0.25, -0.2) is 0 Å². The van der Waals surface area contributed by atoms with E-state index in [-0.39, 0.29) is 0 Å². The quantitative estimate of drug-likeness (QED) is 0.445. The fourth-order valence-corrected chi connectivity index (χ4v) is 3.75. The van der Waals surface area contributed by atoms with Crippen molar-refractivity contribution >= 4 is 10.8 Å². The zero-order valence-corrected chi connectivity index (χ0v) is 12.1. The molecular weight excluding hydrogens is 242 g/mol. The van der Waals surface area contributed by atoms with Gasteiger partial charge in [-0.15, -0.1) is 0 Å². The van der Waals surface area contributed by atoms with Crippen LogP contribution in [0.3, 0.4) is 0 Å². The molecule has 1 aliphatic carbocycles. The fourth-order valence-electron chi connectivity index (χ4n) is 3.75. The lowest BCUT2D eigenvalue weighted by molar-refractivity contribution is 1.19. The number of hydrogen-bond acceptors (Lipinski definition) is 1. The van der Waals surface area contributed by atoms with Crippen molar-refractivity contribution in [2.45, 2.75) is 27.2 Å². The van der Waals surface area contributed by atoms with E-state index >= 15 is 0 Å². The lowest BCUT2D eigenvalue weighted by Crippen LogP contribution is -1.96. The van der Waals surface area contributed by atoms with Crippen molar-refractivity contribution < 1.29 is 0 Å². The molecule has 0 N–H and O–H groups in total. The molecule has 4 rings (SSSR count). The SMILES string of the molecule is Cc1c2c(c(C)c3c(C)nccc13)Cc1ccccc1-2. The molecule has 0 saturated heterocycles. The first-order valence-corrected chi connectivity index (χ1v) is 7.14. The highest BCUT2D eigenvalue weighted by atomic mass is 14.7. The summed E-state index contributed by atoms with van der Waals surface area (Å²) in [6, 6.07) is 11.0. The molecule has 1 heterocycles. The molecule has 0 bridgehead atoms. The summed E-state index contributed by atoms with van der Waals surface area (Å²) in [5.41, 5.74) is 9.76. The lowest BCUT2D eigenvalue weighted by Gasteiger charge is -2.15. The maximum atomic E-state index is 4.48. The number of fused-ring (bicyclic) bond motifs is 4. The highest BCUT2D eigenvalue weighted by Gasteiger charge is 2.24. The van der Waals surface area contributed by atoms with Gasteiger partial charge in [0.15, 0.2) is 0 Å². The Kier molecular flexibility index (Phi) is 2.29. The second kappa shape index (κ2) is 3.92. The largest absolute Gasteiger partial charge is 0.261 e. The van der Waals surface area contributed by atoms with Gasteiger partial charge in [0.2, 0.25) is 0 Å². The van der Waals surface area contributed by atoms with Crippen molar-refractivity contribution in [1.29, 1.82) is 0 Å². The van der Waals surface area contributed by atoms with Crippen molar-refractivity contribution in [2.75, 3.05) is 0 Å². The molecule has 0 saturated carbocycles. The Balaban J connectivity index is 2.21. The molecule has 0 aliphatic heterocycles. The minimum absolute atomic E-state index is 1.06. The number of pyridine rings is 1. The Hall–Kier alpha value is -2.15. The predicted molar refractivity (Wildman–Crippen MR) is 84.2 cm³/mol. The number of benzene rings is 2. The maximum Gasteiger partial charge on any atom is 0.0453 e. The van der Waals surface area contributed by atoms with Crippen LogP contribution >= 0.6 is 0 Å². The smallest absolute Gasteiger partial charge is 0.0453 e. The van der Waals surface area contributed by atoms with Crippen LogP contribution in [-0.2, 0) is 6.42 Å². The van der Waals surface area contributed by atoms with Crippen molar-refractivity contribution in [3.63, 3.8) is 0 Å². The number of nitrogens with zero attached hydrogens (tertiary/aromatic N) is 1. The third kappa shape index (κ3) is 1.35. The Morgan fingerprint density at radius 2 is 1.75 bits per heavy atom. The minimum Gasteiger partial charge on any atom is -0.261 e. The molecule has 0 atom stereocenters. The van der Waals surface area contributed by atoms with Crippen LogP contribution in [0.1, 0.15) is 27.9 Å². The zero-order valence-electron chi connectivity index (χ0n) is 12.1. The van der Waals surface area contributed by atoms with E-state index in [2.05, 4.69) is 56.1 Å². The van der Waals surface area contributed by atoms with Gasteiger partial charge < -0.3 is 0 Å². The summed E-state index contributed by atoms with van der Waals surface area (Å²) in [6.07, 6.45) is 2.99. The highest BCUT2D eigenvalue weighted by Crippen LogP contribution is 2.44. The molecule has 1 aromatic heterocycles. The molecule has 1 heteroatoms. The van der Waals surface area contributed by atoms with E-state index in [0.717, 1.165) is 12.1 Å². The third-order valence-electron chi connectivity index (χ3n) is 4.70. The predicted octanol–water partition coefficient (Wildman–Crippen LogP) is 4.73. The molecule has 0 fully saturated rings. The lowest BCUT2D eigenvalue weighted by atomic mass is 9.90. The van der Waals surface area contributed by atoms with Crippen LogP contribution in [-0.4, -0.2) is 4.98 Å². The Labute approximate surface area is 119 Å². The van der Waals surface area contributed by atoms with Crippen LogP contribution in [0, 0.1) is 20.8 Å². The number of aromatic nitrogens is 1. The van der Waals surface area contributed by atoms with Crippen molar-refractivity contribution in [1.82, 2.24) is 4.98 Å². The number of hydrogen-bond donors (Lipinski definition) is 0. The molecule has 0 unspecified atom stereocenters. The van der Waals surface area contributed by atoms with Gasteiger partial charge in [-0.05, 0) is 72.0 Å². The molecule has 0 spiro atoms. The van der Waals surface area contributed by atoms with Crippen molar-refractivity contribution in [3.05, 3.63) is 64.5 Å². The van der Waals surface area contributed by atoms with Crippen molar-refractivity contribution in [3.8, 4) is 11.1 Å². The molecular formula is C19H17N. The summed E-state index contributed by atoms with van der Waals surface area (Å²) < 4.78 is 0. The standard InChI is InChI=1S/C19H17N/c1-11-15-8-9-20-13(3)18(15)12(2)17-10-14-6-4-5-7-16(14)19(11)17/h4-9H,10H2,1-3H3. The Morgan fingerprint density at radius 3 is 2.60 bits per heavy atom. The van der Waals surface area contributed by atoms with E-state index in [1.165, 1.54) is 44.2 Å². The first-order chi connectivity index (χ1) is 9.68. The van der Waals surface area contributed by atoms with Crippen LogP contribution in [0.5, 0.6) is 0 Å². The molecule has 3 aromatic rings. The molecule has 98 valence electrons. The van der Waals surface area contributed by atoms with E-state index in [4.69, 9.17) is 0 Å². The monoisotopic (exact) mass is 259 g/mol. The van der Waals surface area contributed by atoms with Crippen molar-refractivity contribution in [2.24, 2.45) is 0 Å². The minimum atomic E-state index is 1.06. The summed E-state index contributed by atoms with van der Waals surface area (Å²) in [7, 11) is 0. The van der Waals surface area contributed by atoms with Crippen LogP contribution in [0.2, 0.25) is 0 Å². The normalized spacial score (nSPS) is 12.6. The van der Waals surface area contributed by atoms with Gasteiger partial charge in [0.1, 0.15) is 0 Å². The van der Waals surface area contributed by atoms with Gasteiger partial charge in [0.25, 0.3) is 0 Å². The fraction of sp³-hybridized carbons (Fsp3) is 0.211. The van der Waals surface area contributed by atoms with Gasteiger partial charge in [0, 0.05) is 17.3 Å². The van der Waals surface area contributed by atoms with Crippen LogP contribution in [0.4, 0.5) is 0 Å². The van der Waals surface area contributed by atoms with Crippen LogP contribution in [0.15, 0.2) is 36.5 Å². The second-order valence-electron chi connectivity index (χ2n) is 5.76. The van der Waals surface area contributed by atoms with E-state index in [1.54, 1.807) is 0 Å². The summed E-state index contributed by atoms with van der Waals surface area (Å²) in [5.74, 6) is 0. The van der Waals surface area contributed by atoms with Crippen LogP contribution < -0.4 is 0 Å². The Morgan fingerprint density at radius 1 is 0.950 bits per heavy atom. The zero-order chi connectivity index (χ0) is 13.9. The van der Waals surface area contributed by atoms with Gasteiger partial charge in [-0.3, -0.25) is 4.98 Å². The topological polar surface area (TPSA) is 12.9 Å². The van der Waals surface area contributed by atoms with Gasteiger partial charge in [-0.1, -0.05) is 24.3 Å². The number of rotatable bonds is 0. The van der Waals surface area contributed by atoms with E-state index in [0.29, 0.717) is 0 Å².